The Balaban J connectivity index is 1.67. The van der Waals surface area contributed by atoms with Crippen molar-refractivity contribution in [3.63, 3.8) is 0 Å². The van der Waals surface area contributed by atoms with Gasteiger partial charge in [-0.15, -0.1) is 0 Å². The standard InChI is InChI=1S/C19H32N4O2S2/c1-13-7-5-6-8-18(13)20-19(26)22(4)11-17-14(2)21-23(15(17)3)16-9-10-27(24,25)12-16/h13,16,18H,5-12H2,1-4H3,(H,20,26)/t13-,16-,18-/m0/s1. The summed E-state index contributed by atoms with van der Waals surface area (Å²) in [5.41, 5.74) is 3.15. The first kappa shape index (κ1) is 20.6. The highest BCUT2D eigenvalue weighted by Gasteiger charge is 2.31. The fourth-order valence-electron chi connectivity index (χ4n) is 4.36. The zero-order valence-electron chi connectivity index (χ0n) is 16.9. The van der Waals surface area contributed by atoms with Gasteiger partial charge in [-0.1, -0.05) is 19.8 Å². The van der Waals surface area contributed by atoms with Crippen molar-refractivity contribution in [3.8, 4) is 0 Å². The molecule has 1 saturated carbocycles. The number of rotatable bonds is 4. The average molecular weight is 413 g/mol. The highest BCUT2D eigenvalue weighted by atomic mass is 32.2. The van der Waals surface area contributed by atoms with Crippen LogP contribution in [0.4, 0.5) is 0 Å². The number of thiocarbonyl (C=S) groups is 1. The molecule has 1 aliphatic heterocycles. The van der Waals surface area contributed by atoms with E-state index in [0.717, 1.165) is 22.1 Å². The lowest BCUT2D eigenvalue weighted by Crippen LogP contribution is -2.46. The van der Waals surface area contributed by atoms with Crippen LogP contribution in [0.1, 0.15) is 62.0 Å². The molecular weight excluding hydrogens is 380 g/mol. The molecule has 1 aromatic heterocycles. The van der Waals surface area contributed by atoms with E-state index < -0.39 is 9.84 Å². The predicted molar refractivity (Wildman–Crippen MR) is 113 cm³/mol. The summed E-state index contributed by atoms with van der Waals surface area (Å²) in [4.78, 5) is 2.07. The zero-order chi connectivity index (χ0) is 19.8. The Labute approximate surface area is 168 Å². The fourth-order valence-corrected chi connectivity index (χ4v) is 6.27. The van der Waals surface area contributed by atoms with E-state index in [4.69, 9.17) is 12.2 Å². The molecule has 8 heteroatoms. The third-order valence-electron chi connectivity index (χ3n) is 6.19. The molecule has 0 amide bonds. The summed E-state index contributed by atoms with van der Waals surface area (Å²) in [5.74, 6) is 1.11. The van der Waals surface area contributed by atoms with Crippen molar-refractivity contribution in [1.82, 2.24) is 20.0 Å². The topological polar surface area (TPSA) is 67.2 Å². The Morgan fingerprint density at radius 2 is 2.00 bits per heavy atom. The van der Waals surface area contributed by atoms with Crippen molar-refractivity contribution in [3.05, 3.63) is 17.0 Å². The van der Waals surface area contributed by atoms with Crippen LogP contribution >= 0.6 is 12.2 Å². The molecule has 3 rings (SSSR count). The number of aromatic nitrogens is 2. The number of sulfone groups is 1. The number of nitrogens with zero attached hydrogens (tertiary/aromatic N) is 3. The molecule has 2 fully saturated rings. The normalized spacial score (nSPS) is 27.5. The highest BCUT2D eigenvalue weighted by Crippen LogP contribution is 2.27. The van der Waals surface area contributed by atoms with Crippen molar-refractivity contribution in [2.75, 3.05) is 18.6 Å². The van der Waals surface area contributed by atoms with Crippen molar-refractivity contribution in [2.45, 2.75) is 71.5 Å². The first-order valence-electron chi connectivity index (χ1n) is 9.94. The van der Waals surface area contributed by atoms with Gasteiger partial charge in [0, 0.05) is 30.9 Å². The van der Waals surface area contributed by atoms with E-state index in [0.29, 0.717) is 24.9 Å². The van der Waals surface area contributed by atoms with Gasteiger partial charge in [0.25, 0.3) is 0 Å². The quantitative estimate of drug-likeness (QED) is 0.767. The van der Waals surface area contributed by atoms with Crippen molar-refractivity contribution in [1.29, 1.82) is 0 Å². The molecule has 0 aromatic carbocycles. The molecule has 2 heterocycles. The van der Waals surface area contributed by atoms with Gasteiger partial charge in [0.05, 0.1) is 23.2 Å². The SMILES string of the molecule is Cc1nn([C@H]2CCS(=O)(=O)C2)c(C)c1CN(C)C(=S)N[C@H]1CCCC[C@@H]1C. The van der Waals surface area contributed by atoms with Crippen LogP contribution in [-0.4, -0.2) is 52.8 Å². The lowest BCUT2D eigenvalue weighted by atomic mass is 9.86. The van der Waals surface area contributed by atoms with Gasteiger partial charge < -0.3 is 10.2 Å². The molecule has 1 N–H and O–H groups in total. The van der Waals surface area contributed by atoms with Gasteiger partial charge >= 0.3 is 0 Å². The van der Waals surface area contributed by atoms with Gasteiger partial charge in [-0.25, -0.2) is 8.42 Å². The van der Waals surface area contributed by atoms with Crippen LogP contribution in [0.3, 0.4) is 0 Å². The van der Waals surface area contributed by atoms with Gasteiger partial charge in [-0.2, -0.15) is 5.10 Å². The summed E-state index contributed by atoms with van der Waals surface area (Å²) < 4.78 is 25.6. The molecule has 3 atom stereocenters. The number of nitrogens with one attached hydrogen (secondary N) is 1. The molecule has 152 valence electrons. The van der Waals surface area contributed by atoms with Crippen molar-refractivity contribution >= 4 is 27.2 Å². The van der Waals surface area contributed by atoms with E-state index in [1.165, 1.54) is 25.7 Å². The second-order valence-electron chi connectivity index (χ2n) is 8.32. The maximum absolute atomic E-state index is 11.8. The Bertz CT molecular complexity index is 803. The monoisotopic (exact) mass is 412 g/mol. The Morgan fingerprint density at radius 1 is 1.30 bits per heavy atom. The fraction of sp³-hybridized carbons (Fsp3) is 0.789. The number of aryl methyl sites for hydroxylation is 1. The lowest BCUT2D eigenvalue weighted by molar-refractivity contribution is 0.300. The summed E-state index contributed by atoms with van der Waals surface area (Å²) in [6, 6.07) is 0.420. The van der Waals surface area contributed by atoms with E-state index in [1.807, 2.05) is 25.6 Å². The molecule has 0 bridgehead atoms. The number of hydrogen-bond acceptors (Lipinski definition) is 4. The molecule has 1 aliphatic carbocycles. The smallest absolute Gasteiger partial charge is 0.169 e. The molecule has 1 saturated heterocycles. The van der Waals surface area contributed by atoms with Crippen LogP contribution in [0.25, 0.3) is 0 Å². The third-order valence-corrected chi connectivity index (χ3v) is 8.37. The molecule has 0 unspecified atom stereocenters. The molecule has 0 spiro atoms. The van der Waals surface area contributed by atoms with Crippen LogP contribution in [0.5, 0.6) is 0 Å². The summed E-state index contributed by atoms with van der Waals surface area (Å²) in [6.45, 7) is 7.01. The zero-order valence-corrected chi connectivity index (χ0v) is 18.5. The summed E-state index contributed by atoms with van der Waals surface area (Å²) >= 11 is 5.65. The Morgan fingerprint density at radius 3 is 2.63 bits per heavy atom. The molecule has 2 aliphatic rings. The van der Waals surface area contributed by atoms with Crippen molar-refractivity contribution in [2.24, 2.45) is 5.92 Å². The molecule has 27 heavy (non-hydrogen) atoms. The van der Waals surface area contributed by atoms with Crippen molar-refractivity contribution < 1.29 is 8.42 Å². The van der Waals surface area contributed by atoms with Crippen LogP contribution in [0, 0.1) is 19.8 Å². The van der Waals surface area contributed by atoms with Crippen LogP contribution in [0.2, 0.25) is 0 Å². The maximum Gasteiger partial charge on any atom is 0.169 e. The van der Waals surface area contributed by atoms with Gasteiger partial charge in [-0.05, 0) is 51.2 Å². The Hall–Kier alpha value is -1.15. The lowest BCUT2D eigenvalue weighted by Gasteiger charge is -2.33. The molecule has 0 radical (unpaired) electrons. The minimum absolute atomic E-state index is 0.0408. The first-order valence-corrected chi connectivity index (χ1v) is 12.2. The van der Waals surface area contributed by atoms with Crippen LogP contribution in [0.15, 0.2) is 0 Å². The van der Waals surface area contributed by atoms with E-state index >= 15 is 0 Å². The van der Waals surface area contributed by atoms with E-state index in [1.54, 1.807) is 0 Å². The summed E-state index contributed by atoms with van der Waals surface area (Å²) in [5, 5.41) is 8.99. The molecule has 1 aromatic rings. The maximum atomic E-state index is 11.8. The number of hydrogen-bond donors (Lipinski definition) is 1. The van der Waals surface area contributed by atoms with Gasteiger partial charge in [0.2, 0.25) is 0 Å². The Kier molecular flexibility index (Phi) is 6.15. The molecule has 6 nitrogen and oxygen atoms in total. The van der Waals surface area contributed by atoms with Crippen LogP contribution < -0.4 is 5.32 Å². The van der Waals surface area contributed by atoms with Gasteiger partial charge in [0.1, 0.15) is 0 Å². The summed E-state index contributed by atoms with van der Waals surface area (Å²) in [6.07, 6.45) is 5.68. The minimum atomic E-state index is -2.92. The summed E-state index contributed by atoms with van der Waals surface area (Å²) in [7, 11) is -0.911. The van der Waals surface area contributed by atoms with E-state index in [2.05, 4.69) is 22.2 Å². The first-order chi connectivity index (χ1) is 12.7. The minimum Gasteiger partial charge on any atom is -0.360 e. The van der Waals surface area contributed by atoms with Crippen LogP contribution in [-0.2, 0) is 16.4 Å². The van der Waals surface area contributed by atoms with E-state index in [9.17, 15) is 8.42 Å². The predicted octanol–water partition coefficient (Wildman–Crippen LogP) is 2.74. The highest BCUT2D eigenvalue weighted by molar-refractivity contribution is 7.91. The average Bonchev–Trinajstić information content (AvgIpc) is 3.10. The van der Waals surface area contributed by atoms with Gasteiger partial charge in [0.15, 0.2) is 14.9 Å². The van der Waals surface area contributed by atoms with Gasteiger partial charge in [-0.3, -0.25) is 4.68 Å². The second kappa shape index (κ2) is 8.07. The van der Waals surface area contributed by atoms with E-state index in [-0.39, 0.29) is 17.5 Å². The second-order valence-corrected chi connectivity index (χ2v) is 10.9. The molecular formula is C19H32N4O2S2. The largest absolute Gasteiger partial charge is 0.360 e. The third kappa shape index (κ3) is 4.65.